The lowest BCUT2D eigenvalue weighted by Gasteiger charge is -2.20. The summed E-state index contributed by atoms with van der Waals surface area (Å²) in [6.45, 7) is 5.63. The number of anilines is 2. The molecule has 0 amide bonds. The molecule has 1 N–H and O–H groups in total. The summed E-state index contributed by atoms with van der Waals surface area (Å²) in [6.07, 6.45) is 0.348. The van der Waals surface area contributed by atoms with Crippen LogP contribution in [0.15, 0.2) is 29.6 Å². The summed E-state index contributed by atoms with van der Waals surface area (Å²) in [6, 6.07) is 8.01. The minimum absolute atomic E-state index is 0.260. The molecule has 2 saturated heterocycles. The van der Waals surface area contributed by atoms with Gasteiger partial charge >= 0.3 is 11.9 Å². The number of esters is 2. The molecule has 4 rings (SSSR count). The van der Waals surface area contributed by atoms with Gasteiger partial charge in [-0.25, -0.2) is 4.98 Å². The van der Waals surface area contributed by atoms with E-state index in [4.69, 9.17) is 9.47 Å². The van der Waals surface area contributed by atoms with E-state index in [1.807, 2.05) is 36.6 Å². The molecule has 1 aromatic carbocycles. The minimum Gasteiger partial charge on any atom is -0.462 e. The number of ether oxygens (including phenoxy) is 2. The molecular formula is C19H20N2O4S. The molecule has 2 aliphatic rings. The summed E-state index contributed by atoms with van der Waals surface area (Å²) < 4.78 is 10.9. The van der Waals surface area contributed by atoms with Crippen LogP contribution in [0.4, 0.5) is 10.8 Å². The van der Waals surface area contributed by atoms with Gasteiger partial charge in [0.25, 0.3) is 0 Å². The van der Waals surface area contributed by atoms with Gasteiger partial charge in [-0.15, -0.1) is 11.3 Å². The lowest BCUT2D eigenvalue weighted by Crippen LogP contribution is -2.31. The van der Waals surface area contributed by atoms with Crippen LogP contribution in [0.2, 0.25) is 0 Å². The van der Waals surface area contributed by atoms with Crippen LogP contribution in [0.25, 0.3) is 0 Å². The molecule has 0 bridgehead atoms. The molecule has 2 aliphatic heterocycles. The largest absolute Gasteiger partial charge is 0.462 e. The summed E-state index contributed by atoms with van der Waals surface area (Å²) >= 11 is 1.44. The number of carbonyl (C=O) groups is 2. The first-order chi connectivity index (χ1) is 12.3. The Bertz CT molecular complexity index is 878. The van der Waals surface area contributed by atoms with Crippen molar-refractivity contribution in [2.24, 2.45) is 5.41 Å². The number of carbonyl (C=O) groups excluding carboxylic acids is 2. The van der Waals surface area contributed by atoms with E-state index in [1.54, 1.807) is 13.8 Å². The fourth-order valence-corrected chi connectivity index (χ4v) is 4.54. The molecule has 0 saturated carbocycles. The summed E-state index contributed by atoms with van der Waals surface area (Å²) in [5.74, 6) is -0.984. The molecule has 2 fully saturated rings. The normalized spacial score (nSPS) is 30.5. The van der Waals surface area contributed by atoms with Crippen LogP contribution >= 0.6 is 11.3 Å². The van der Waals surface area contributed by atoms with Gasteiger partial charge in [-0.1, -0.05) is 17.7 Å². The zero-order chi connectivity index (χ0) is 18.5. The first-order valence-corrected chi connectivity index (χ1v) is 9.43. The Kier molecular flexibility index (Phi) is 3.80. The lowest BCUT2D eigenvalue weighted by atomic mass is 9.78. The van der Waals surface area contributed by atoms with Crippen molar-refractivity contribution in [2.45, 2.75) is 45.3 Å². The van der Waals surface area contributed by atoms with Crippen LogP contribution < -0.4 is 5.32 Å². The Morgan fingerprint density at radius 2 is 1.96 bits per heavy atom. The summed E-state index contributed by atoms with van der Waals surface area (Å²) in [4.78, 5) is 29.4. The second-order valence-corrected chi connectivity index (χ2v) is 8.19. The predicted octanol–water partition coefficient (Wildman–Crippen LogP) is 3.68. The molecule has 0 aliphatic carbocycles. The number of hydrogen-bond donors (Lipinski definition) is 1. The van der Waals surface area contributed by atoms with Gasteiger partial charge in [0.1, 0.15) is 6.10 Å². The van der Waals surface area contributed by atoms with E-state index in [0.717, 1.165) is 5.69 Å². The standard InChI is InChI=1S/C19H20N2O4S/c1-11-4-6-13(7-5-11)20-17-21-14(9-26-17)18(3)10-19(16(23)25-18)8-12(2)24-15(19)22/h4-7,9,12H,8,10H2,1-3H3,(H,20,21)/t12-,18-,19-/m0/s1. The van der Waals surface area contributed by atoms with Crippen molar-refractivity contribution >= 4 is 34.1 Å². The molecule has 26 heavy (non-hydrogen) atoms. The zero-order valence-corrected chi connectivity index (χ0v) is 15.7. The van der Waals surface area contributed by atoms with Gasteiger partial charge in [0.2, 0.25) is 0 Å². The van der Waals surface area contributed by atoms with Gasteiger partial charge < -0.3 is 14.8 Å². The highest BCUT2D eigenvalue weighted by Gasteiger charge is 2.65. The van der Waals surface area contributed by atoms with Gasteiger partial charge in [-0.3, -0.25) is 9.59 Å². The molecule has 0 radical (unpaired) electrons. The third-order valence-corrected chi connectivity index (χ3v) is 5.79. The third kappa shape index (κ3) is 2.67. The van der Waals surface area contributed by atoms with E-state index in [0.29, 0.717) is 17.2 Å². The molecule has 1 spiro atoms. The Hall–Kier alpha value is -2.41. The summed E-state index contributed by atoms with van der Waals surface area (Å²) in [5, 5.41) is 5.84. The summed E-state index contributed by atoms with van der Waals surface area (Å²) in [7, 11) is 0. The number of aromatic nitrogens is 1. The number of hydrogen-bond acceptors (Lipinski definition) is 7. The number of nitrogens with zero attached hydrogens (tertiary/aromatic N) is 1. The highest BCUT2D eigenvalue weighted by Crippen LogP contribution is 2.52. The maximum atomic E-state index is 12.5. The smallest absolute Gasteiger partial charge is 0.324 e. The fourth-order valence-electron chi connectivity index (χ4n) is 3.69. The van der Waals surface area contributed by atoms with E-state index in [9.17, 15) is 9.59 Å². The number of cyclic esters (lactones) is 2. The van der Waals surface area contributed by atoms with Gasteiger partial charge in [-0.05, 0) is 32.9 Å². The van der Waals surface area contributed by atoms with Crippen LogP contribution in [0.5, 0.6) is 0 Å². The number of benzene rings is 1. The number of rotatable bonds is 3. The monoisotopic (exact) mass is 372 g/mol. The SMILES string of the molecule is Cc1ccc(Nc2nc([C@]3(C)C[C@]4(C[C@H](C)OC4=O)C(=O)O3)cs2)cc1. The van der Waals surface area contributed by atoms with E-state index in [1.165, 1.54) is 16.9 Å². The Balaban J connectivity index is 1.56. The van der Waals surface area contributed by atoms with Crippen molar-refractivity contribution in [3.63, 3.8) is 0 Å². The average Bonchev–Trinajstić information content (AvgIpc) is 3.22. The second-order valence-electron chi connectivity index (χ2n) is 7.33. The quantitative estimate of drug-likeness (QED) is 0.654. The number of thiazole rings is 1. The number of nitrogens with one attached hydrogen (secondary N) is 1. The van der Waals surface area contributed by atoms with Gasteiger partial charge in [0.15, 0.2) is 16.1 Å². The summed E-state index contributed by atoms with van der Waals surface area (Å²) in [5.41, 5.74) is 0.653. The average molecular weight is 372 g/mol. The second kappa shape index (κ2) is 5.81. The number of aryl methyl sites for hydroxylation is 1. The van der Waals surface area contributed by atoms with Crippen molar-refractivity contribution in [1.82, 2.24) is 4.98 Å². The Labute approximate surface area is 155 Å². The zero-order valence-electron chi connectivity index (χ0n) is 14.9. The van der Waals surface area contributed by atoms with E-state index in [-0.39, 0.29) is 12.5 Å². The third-order valence-electron chi connectivity index (χ3n) is 5.03. The highest BCUT2D eigenvalue weighted by atomic mass is 32.1. The van der Waals surface area contributed by atoms with E-state index < -0.39 is 23.0 Å². The molecule has 1 aromatic heterocycles. The van der Waals surface area contributed by atoms with Crippen molar-refractivity contribution < 1.29 is 19.1 Å². The molecule has 3 heterocycles. The molecule has 2 aromatic rings. The van der Waals surface area contributed by atoms with Crippen molar-refractivity contribution in [3.05, 3.63) is 40.9 Å². The van der Waals surface area contributed by atoms with E-state index in [2.05, 4.69) is 10.3 Å². The van der Waals surface area contributed by atoms with E-state index >= 15 is 0 Å². The molecule has 6 nitrogen and oxygen atoms in total. The molecule has 7 heteroatoms. The van der Waals surface area contributed by atoms with Gasteiger partial charge in [0.05, 0.1) is 5.69 Å². The van der Waals surface area contributed by atoms with Crippen LogP contribution in [-0.2, 0) is 24.7 Å². The van der Waals surface area contributed by atoms with Crippen molar-refractivity contribution in [1.29, 1.82) is 0 Å². The van der Waals surface area contributed by atoms with Crippen LogP contribution in [0, 0.1) is 12.3 Å². The lowest BCUT2D eigenvalue weighted by molar-refractivity contribution is -0.160. The maximum absolute atomic E-state index is 12.5. The molecular weight excluding hydrogens is 352 g/mol. The molecule has 136 valence electrons. The fraction of sp³-hybridized carbons (Fsp3) is 0.421. The Morgan fingerprint density at radius 1 is 1.23 bits per heavy atom. The first kappa shape index (κ1) is 17.0. The van der Waals surface area contributed by atoms with Gasteiger partial charge in [0, 0.05) is 23.9 Å². The van der Waals surface area contributed by atoms with Crippen molar-refractivity contribution in [3.8, 4) is 0 Å². The van der Waals surface area contributed by atoms with Crippen LogP contribution in [-0.4, -0.2) is 23.0 Å². The Morgan fingerprint density at radius 3 is 2.62 bits per heavy atom. The molecule has 3 atom stereocenters. The first-order valence-electron chi connectivity index (χ1n) is 8.55. The topological polar surface area (TPSA) is 77.5 Å². The van der Waals surface area contributed by atoms with Crippen molar-refractivity contribution in [2.75, 3.05) is 5.32 Å². The van der Waals surface area contributed by atoms with Crippen LogP contribution in [0.1, 0.15) is 37.9 Å². The van der Waals surface area contributed by atoms with Gasteiger partial charge in [-0.2, -0.15) is 0 Å². The predicted molar refractivity (Wildman–Crippen MR) is 97.2 cm³/mol. The molecule has 0 unspecified atom stereocenters. The maximum Gasteiger partial charge on any atom is 0.324 e. The minimum atomic E-state index is -1.19. The highest BCUT2D eigenvalue weighted by molar-refractivity contribution is 7.13. The van der Waals surface area contributed by atoms with Crippen LogP contribution in [0.3, 0.4) is 0 Å².